The number of anilines is 1. The fourth-order valence-electron chi connectivity index (χ4n) is 1.35. The first-order valence-corrected chi connectivity index (χ1v) is 4.90. The predicted molar refractivity (Wildman–Crippen MR) is 62.7 cm³/mol. The van der Waals surface area contributed by atoms with Gasteiger partial charge in [-0.05, 0) is 38.1 Å². The van der Waals surface area contributed by atoms with Gasteiger partial charge in [-0.3, -0.25) is 0 Å². The molecule has 0 heterocycles. The number of likely N-dealkylation sites (N-methyl/N-ethyl adjacent to an activating group) is 1. The Morgan fingerprint density at radius 1 is 1.43 bits per heavy atom. The molecule has 2 nitrogen and oxygen atoms in total. The highest BCUT2D eigenvalue weighted by molar-refractivity contribution is 5.47. The first-order valence-electron chi connectivity index (χ1n) is 4.90. The number of rotatable bonds is 4. The van der Waals surface area contributed by atoms with Gasteiger partial charge < -0.3 is 10.2 Å². The van der Waals surface area contributed by atoms with Crippen molar-refractivity contribution in [1.29, 1.82) is 0 Å². The van der Waals surface area contributed by atoms with Crippen LogP contribution in [-0.2, 0) is 6.42 Å². The average Bonchev–Trinajstić information content (AvgIpc) is 2.18. The molecule has 1 radical (unpaired) electrons. The van der Waals surface area contributed by atoms with Crippen LogP contribution in [0.3, 0.4) is 0 Å². The fraction of sp³-hybridized carbons (Fsp3) is 0.417. The molecule has 0 saturated carbocycles. The molecule has 0 aliphatic rings. The molecule has 14 heavy (non-hydrogen) atoms. The maximum Gasteiger partial charge on any atom is 0.0363 e. The summed E-state index contributed by atoms with van der Waals surface area (Å²) in [7, 11) is 6.05. The molecule has 2 heteroatoms. The van der Waals surface area contributed by atoms with Crippen LogP contribution in [0.5, 0.6) is 0 Å². The Bertz CT molecular complexity index is 281. The van der Waals surface area contributed by atoms with Crippen molar-refractivity contribution in [2.45, 2.75) is 12.5 Å². The van der Waals surface area contributed by atoms with Gasteiger partial charge in [0.2, 0.25) is 0 Å². The summed E-state index contributed by atoms with van der Waals surface area (Å²) in [5, 5.41) is 3.14. The van der Waals surface area contributed by atoms with Crippen LogP contribution in [0.2, 0.25) is 0 Å². The van der Waals surface area contributed by atoms with Gasteiger partial charge in [0.25, 0.3) is 0 Å². The molecule has 0 fully saturated rings. The molecule has 0 bridgehead atoms. The summed E-state index contributed by atoms with van der Waals surface area (Å²) in [5.41, 5.74) is 2.57. The maximum absolute atomic E-state index is 4.00. The summed E-state index contributed by atoms with van der Waals surface area (Å²) < 4.78 is 0. The molecule has 0 amide bonds. The molecule has 77 valence electrons. The number of benzene rings is 1. The standard InChI is InChI=1S/C12H19N2/c1-10(13-2)8-11-6-5-7-12(9-11)14(3)4/h5-7,9-10,13H,1,8H2,2-4H3. The van der Waals surface area contributed by atoms with E-state index in [1.165, 1.54) is 11.3 Å². The monoisotopic (exact) mass is 191 g/mol. The Morgan fingerprint density at radius 2 is 2.14 bits per heavy atom. The first kappa shape index (κ1) is 11.1. The number of hydrogen-bond acceptors (Lipinski definition) is 2. The molecule has 1 N–H and O–H groups in total. The summed E-state index contributed by atoms with van der Waals surface area (Å²) in [6.45, 7) is 4.00. The van der Waals surface area contributed by atoms with Crippen LogP contribution in [0.15, 0.2) is 24.3 Å². The van der Waals surface area contributed by atoms with Crippen molar-refractivity contribution in [2.75, 3.05) is 26.0 Å². The van der Waals surface area contributed by atoms with E-state index in [9.17, 15) is 0 Å². The zero-order valence-corrected chi connectivity index (χ0v) is 9.25. The van der Waals surface area contributed by atoms with Gasteiger partial charge in [0.15, 0.2) is 0 Å². The van der Waals surface area contributed by atoms with E-state index in [0.717, 1.165) is 6.42 Å². The zero-order chi connectivity index (χ0) is 10.6. The van der Waals surface area contributed by atoms with Crippen LogP contribution >= 0.6 is 0 Å². The van der Waals surface area contributed by atoms with Crippen molar-refractivity contribution < 1.29 is 0 Å². The van der Waals surface area contributed by atoms with E-state index >= 15 is 0 Å². The van der Waals surface area contributed by atoms with Crippen molar-refractivity contribution in [1.82, 2.24) is 5.32 Å². The highest BCUT2D eigenvalue weighted by Crippen LogP contribution is 2.14. The highest BCUT2D eigenvalue weighted by Gasteiger charge is 2.02. The summed E-state index contributed by atoms with van der Waals surface area (Å²) in [6, 6.07) is 8.83. The minimum absolute atomic E-state index is 0.285. The van der Waals surface area contributed by atoms with Crippen LogP contribution < -0.4 is 10.2 Å². The molecular weight excluding hydrogens is 172 g/mol. The average molecular weight is 191 g/mol. The number of nitrogens with zero attached hydrogens (tertiary/aromatic N) is 1. The summed E-state index contributed by atoms with van der Waals surface area (Å²) in [6.07, 6.45) is 0.970. The van der Waals surface area contributed by atoms with Gasteiger partial charge in [-0.2, -0.15) is 0 Å². The van der Waals surface area contributed by atoms with E-state index < -0.39 is 0 Å². The molecule has 0 spiro atoms. The molecule has 1 aromatic rings. The van der Waals surface area contributed by atoms with Crippen molar-refractivity contribution in [3.63, 3.8) is 0 Å². The van der Waals surface area contributed by atoms with E-state index in [0.29, 0.717) is 0 Å². The third-order valence-corrected chi connectivity index (χ3v) is 2.32. The predicted octanol–water partition coefficient (Wildman–Crippen LogP) is 1.72. The second-order valence-electron chi connectivity index (χ2n) is 3.75. The Balaban J connectivity index is 2.73. The van der Waals surface area contributed by atoms with Crippen molar-refractivity contribution >= 4 is 5.69 Å². The lowest BCUT2D eigenvalue weighted by atomic mass is 10.1. The van der Waals surface area contributed by atoms with Crippen LogP contribution in [0.25, 0.3) is 0 Å². The highest BCUT2D eigenvalue weighted by atomic mass is 15.1. The van der Waals surface area contributed by atoms with Crippen molar-refractivity contribution in [2.24, 2.45) is 0 Å². The van der Waals surface area contributed by atoms with E-state index in [1.807, 2.05) is 7.05 Å². The van der Waals surface area contributed by atoms with E-state index in [2.05, 4.69) is 55.5 Å². The second kappa shape index (κ2) is 5.01. The number of hydrogen-bond donors (Lipinski definition) is 1. The van der Waals surface area contributed by atoms with Gasteiger partial charge in [0.05, 0.1) is 0 Å². The van der Waals surface area contributed by atoms with Gasteiger partial charge in [0.1, 0.15) is 0 Å². The van der Waals surface area contributed by atoms with Gasteiger partial charge >= 0.3 is 0 Å². The normalized spacial score (nSPS) is 12.6. The van der Waals surface area contributed by atoms with Gasteiger partial charge in [-0.15, -0.1) is 0 Å². The SMILES string of the molecule is [CH2]C(Cc1cccc(N(C)C)c1)NC. The minimum atomic E-state index is 0.285. The Hall–Kier alpha value is -1.02. The summed E-state index contributed by atoms with van der Waals surface area (Å²) in [4.78, 5) is 2.11. The second-order valence-corrected chi connectivity index (χ2v) is 3.75. The Morgan fingerprint density at radius 3 is 2.71 bits per heavy atom. The molecule has 0 aromatic heterocycles. The smallest absolute Gasteiger partial charge is 0.0363 e. The third-order valence-electron chi connectivity index (χ3n) is 2.32. The minimum Gasteiger partial charge on any atom is -0.378 e. The molecule has 1 rings (SSSR count). The van der Waals surface area contributed by atoms with Crippen LogP contribution in [-0.4, -0.2) is 27.2 Å². The van der Waals surface area contributed by atoms with E-state index in [1.54, 1.807) is 0 Å². The van der Waals surface area contributed by atoms with Gasteiger partial charge in [0, 0.05) is 25.8 Å². The molecule has 0 aliphatic carbocycles. The third kappa shape index (κ3) is 3.04. The molecule has 1 atom stereocenters. The number of nitrogens with one attached hydrogen (secondary N) is 1. The fourth-order valence-corrected chi connectivity index (χ4v) is 1.35. The van der Waals surface area contributed by atoms with E-state index in [-0.39, 0.29) is 6.04 Å². The lowest BCUT2D eigenvalue weighted by Crippen LogP contribution is -2.24. The topological polar surface area (TPSA) is 15.3 Å². The molecule has 0 saturated heterocycles. The summed E-state index contributed by atoms with van der Waals surface area (Å²) >= 11 is 0. The maximum atomic E-state index is 4.00. The van der Waals surface area contributed by atoms with Gasteiger partial charge in [-0.25, -0.2) is 0 Å². The van der Waals surface area contributed by atoms with Crippen LogP contribution in [0.4, 0.5) is 5.69 Å². The van der Waals surface area contributed by atoms with Crippen LogP contribution in [0, 0.1) is 6.92 Å². The largest absolute Gasteiger partial charge is 0.378 e. The quantitative estimate of drug-likeness (QED) is 0.779. The van der Waals surface area contributed by atoms with Crippen molar-refractivity contribution in [3.8, 4) is 0 Å². The molecule has 1 unspecified atom stereocenters. The summed E-state index contributed by atoms with van der Waals surface area (Å²) in [5.74, 6) is 0. The van der Waals surface area contributed by atoms with Crippen LogP contribution in [0.1, 0.15) is 5.56 Å². The molecule has 0 aliphatic heterocycles. The lowest BCUT2D eigenvalue weighted by Gasteiger charge is -2.15. The zero-order valence-electron chi connectivity index (χ0n) is 9.25. The lowest BCUT2D eigenvalue weighted by molar-refractivity contribution is 0.661. The Kier molecular flexibility index (Phi) is 3.96. The van der Waals surface area contributed by atoms with E-state index in [4.69, 9.17) is 0 Å². The first-order chi connectivity index (χ1) is 6.63. The van der Waals surface area contributed by atoms with Crippen molar-refractivity contribution in [3.05, 3.63) is 36.8 Å². The van der Waals surface area contributed by atoms with Gasteiger partial charge in [-0.1, -0.05) is 12.1 Å². The Labute approximate surface area is 86.9 Å². The molecular formula is C12H19N2. The molecule has 1 aromatic carbocycles.